The molecule has 13 heteroatoms. The lowest BCUT2D eigenvalue weighted by molar-refractivity contribution is -0.384. The number of halogens is 2. The summed E-state index contributed by atoms with van der Waals surface area (Å²) in [5.74, 6) is 0.906. The molecule has 0 aliphatic heterocycles. The molecule has 0 unspecified atom stereocenters. The summed E-state index contributed by atoms with van der Waals surface area (Å²) in [6.07, 6.45) is 1.30. The second-order valence-corrected chi connectivity index (χ2v) is 9.41. The molecule has 4 aromatic rings. The fourth-order valence-electron chi connectivity index (χ4n) is 3.33. The molecule has 0 saturated heterocycles. The lowest BCUT2D eigenvalue weighted by atomic mass is 10.2. The van der Waals surface area contributed by atoms with Crippen LogP contribution in [-0.4, -0.2) is 44.2 Å². The van der Waals surface area contributed by atoms with Crippen LogP contribution in [0.15, 0.2) is 77.0 Å². The monoisotopic (exact) mass is 570 g/mol. The molecular formula is C25H20Cl2N6O4S. The molecule has 1 aromatic heterocycles. The first kappa shape index (κ1) is 27.1. The number of nitrogens with zero attached hydrogens (tertiary/aromatic N) is 5. The smallest absolute Gasteiger partial charge is 0.288 e. The second kappa shape index (κ2) is 12.5. The van der Waals surface area contributed by atoms with Gasteiger partial charge in [0.05, 0.1) is 23.5 Å². The molecule has 0 fully saturated rings. The van der Waals surface area contributed by atoms with Gasteiger partial charge in [0.1, 0.15) is 10.8 Å². The van der Waals surface area contributed by atoms with E-state index in [1.807, 2.05) is 47.9 Å². The van der Waals surface area contributed by atoms with Crippen molar-refractivity contribution < 1.29 is 14.5 Å². The van der Waals surface area contributed by atoms with Crippen molar-refractivity contribution in [2.75, 3.05) is 12.4 Å². The second-order valence-electron chi connectivity index (χ2n) is 7.63. The van der Waals surface area contributed by atoms with Crippen molar-refractivity contribution in [1.82, 2.24) is 20.2 Å². The van der Waals surface area contributed by atoms with Crippen molar-refractivity contribution in [3.63, 3.8) is 0 Å². The first-order chi connectivity index (χ1) is 18.4. The number of nitro groups is 1. The molecule has 38 heavy (non-hydrogen) atoms. The van der Waals surface area contributed by atoms with Crippen LogP contribution in [0.5, 0.6) is 5.75 Å². The molecule has 0 aliphatic carbocycles. The largest absolute Gasteiger partial charge is 0.494 e. The quantitative estimate of drug-likeness (QED) is 0.111. The Morgan fingerprint density at radius 1 is 1.13 bits per heavy atom. The number of hydrazone groups is 1. The molecule has 1 heterocycles. The number of amides is 1. The number of thioether (sulfide) groups is 1. The summed E-state index contributed by atoms with van der Waals surface area (Å²) in [6, 6.07) is 18.9. The maximum Gasteiger partial charge on any atom is 0.288 e. The third kappa shape index (κ3) is 6.68. The summed E-state index contributed by atoms with van der Waals surface area (Å²) in [7, 11) is 0. The van der Waals surface area contributed by atoms with Crippen LogP contribution < -0.4 is 10.2 Å². The van der Waals surface area contributed by atoms with Crippen molar-refractivity contribution in [2.24, 2.45) is 5.10 Å². The van der Waals surface area contributed by atoms with Crippen LogP contribution in [0, 0.1) is 10.1 Å². The summed E-state index contributed by atoms with van der Waals surface area (Å²) in [5, 5.41) is 24.7. The van der Waals surface area contributed by atoms with Gasteiger partial charge in [0.15, 0.2) is 11.0 Å². The van der Waals surface area contributed by atoms with E-state index in [0.717, 1.165) is 17.0 Å². The van der Waals surface area contributed by atoms with E-state index in [2.05, 4.69) is 20.7 Å². The number of benzene rings is 3. The number of carbonyl (C=O) groups excluding carboxylic acids is 1. The van der Waals surface area contributed by atoms with Crippen LogP contribution in [0.2, 0.25) is 10.0 Å². The normalized spacial score (nSPS) is 11.0. The van der Waals surface area contributed by atoms with Crippen LogP contribution in [-0.2, 0) is 4.79 Å². The van der Waals surface area contributed by atoms with E-state index in [4.69, 9.17) is 27.9 Å². The maximum atomic E-state index is 12.5. The van der Waals surface area contributed by atoms with E-state index >= 15 is 0 Å². The predicted octanol–water partition coefficient (Wildman–Crippen LogP) is 5.79. The highest BCUT2D eigenvalue weighted by atomic mass is 35.5. The first-order valence-corrected chi connectivity index (χ1v) is 12.9. The van der Waals surface area contributed by atoms with E-state index in [-0.39, 0.29) is 16.5 Å². The zero-order valence-electron chi connectivity index (χ0n) is 19.9. The van der Waals surface area contributed by atoms with Crippen molar-refractivity contribution in [1.29, 1.82) is 0 Å². The molecule has 1 amide bonds. The van der Waals surface area contributed by atoms with Gasteiger partial charge in [-0.1, -0.05) is 41.0 Å². The molecule has 4 rings (SSSR count). The van der Waals surface area contributed by atoms with Gasteiger partial charge in [-0.05, 0) is 61.5 Å². The predicted molar refractivity (Wildman–Crippen MR) is 148 cm³/mol. The highest BCUT2D eigenvalue weighted by Crippen LogP contribution is 2.29. The van der Waals surface area contributed by atoms with Crippen LogP contribution in [0.4, 0.5) is 5.69 Å². The summed E-state index contributed by atoms with van der Waals surface area (Å²) >= 11 is 13.0. The van der Waals surface area contributed by atoms with Crippen molar-refractivity contribution in [3.8, 4) is 22.8 Å². The van der Waals surface area contributed by atoms with Gasteiger partial charge in [-0.15, -0.1) is 10.2 Å². The zero-order valence-corrected chi connectivity index (χ0v) is 22.2. The number of carbonyl (C=O) groups is 1. The lowest BCUT2D eigenvalue weighted by Gasteiger charge is -2.11. The van der Waals surface area contributed by atoms with Crippen molar-refractivity contribution in [2.45, 2.75) is 12.1 Å². The van der Waals surface area contributed by atoms with E-state index < -0.39 is 10.8 Å². The van der Waals surface area contributed by atoms with Gasteiger partial charge in [0.2, 0.25) is 0 Å². The molecule has 3 aromatic carbocycles. The van der Waals surface area contributed by atoms with Gasteiger partial charge in [-0.25, -0.2) is 5.43 Å². The van der Waals surface area contributed by atoms with Crippen LogP contribution in [0.1, 0.15) is 12.5 Å². The molecular weight excluding hydrogens is 551 g/mol. The molecule has 0 spiro atoms. The number of nitro benzene ring substituents is 1. The number of aromatic nitrogens is 3. The summed E-state index contributed by atoms with van der Waals surface area (Å²) < 4.78 is 7.38. The van der Waals surface area contributed by atoms with Gasteiger partial charge in [0.25, 0.3) is 11.6 Å². The topological polar surface area (TPSA) is 125 Å². The molecule has 0 radical (unpaired) electrons. The fourth-order valence-corrected chi connectivity index (χ4v) is 4.39. The Hall–Kier alpha value is -3.93. The van der Waals surface area contributed by atoms with E-state index in [0.29, 0.717) is 28.2 Å². The Labute approximate surface area is 231 Å². The average Bonchev–Trinajstić information content (AvgIpc) is 3.33. The Balaban J connectivity index is 1.50. The van der Waals surface area contributed by atoms with E-state index in [9.17, 15) is 14.9 Å². The van der Waals surface area contributed by atoms with Gasteiger partial charge >= 0.3 is 0 Å². The van der Waals surface area contributed by atoms with Crippen molar-refractivity contribution in [3.05, 3.63) is 92.5 Å². The Kier molecular flexibility index (Phi) is 8.95. The lowest BCUT2D eigenvalue weighted by Crippen LogP contribution is -2.20. The van der Waals surface area contributed by atoms with E-state index in [1.54, 1.807) is 18.2 Å². The van der Waals surface area contributed by atoms with Gasteiger partial charge < -0.3 is 4.74 Å². The van der Waals surface area contributed by atoms with Gasteiger partial charge in [-0.2, -0.15) is 5.10 Å². The first-order valence-electron chi connectivity index (χ1n) is 11.2. The third-order valence-corrected chi connectivity index (χ3v) is 6.54. The summed E-state index contributed by atoms with van der Waals surface area (Å²) in [4.78, 5) is 22.9. The third-order valence-electron chi connectivity index (χ3n) is 5.04. The number of hydrogen-bond acceptors (Lipinski definition) is 8. The van der Waals surface area contributed by atoms with Crippen LogP contribution in [0.3, 0.4) is 0 Å². The fraction of sp³-hybridized carbons (Fsp3) is 0.120. The number of rotatable bonds is 10. The Morgan fingerprint density at radius 2 is 1.87 bits per heavy atom. The molecule has 0 atom stereocenters. The number of hydrogen-bond donors (Lipinski definition) is 1. The Morgan fingerprint density at radius 3 is 2.55 bits per heavy atom. The zero-order chi connectivity index (χ0) is 27.1. The SMILES string of the molecule is CCOc1ccc(-n2c(SCC(=O)NN=Cc3ccc(Cl)c([N+](=O)[O-])c3)nnc2-c2ccc(Cl)cc2)cc1. The molecule has 0 saturated carbocycles. The highest BCUT2D eigenvalue weighted by Gasteiger charge is 2.18. The number of nitrogens with one attached hydrogen (secondary N) is 1. The minimum absolute atomic E-state index is 0.00607. The van der Waals surface area contributed by atoms with E-state index in [1.165, 1.54) is 30.1 Å². The minimum atomic E-state index is -0.590. The maximum absolute atomic E-state index is 12.5. The number of ether oxygens (including phenoxy) is 1. The molecule has 194 valence electrons. The summed E-state index contributed by atoms with van der Waals surface area (Å²) in [5.41, 5.74) is 4.16. The van der Waals surface area contributed by atoms with Crippen LogP contribution >= 0.6 is 35.0 Å². The minimum Gasteiger partial charge on any atom is -0.494 e. The molecule has 0 bridgehead atoms. The average molecular weight is 571 g/mol. The van der Waals surface area contributed by atoms with Crippen LogP contribution in [0.25, 0.3) is 17.1 Å². The Bertz CT molecular complexity index is 1480. The summed E-state index contributed by atoms with van der Waals surface area (Å²) in [6.45, 7) is 2.46. The molecule has 1 N–H and O–H groups in total. The van der Waals surface area contributed by atoms with Crippen molar-refractivity contribution >= 4 is 52.8 Å². The highest BCUT2D eigenvalue weighted by molar-refractivity contribution is 7.99. The van der Waals surface area contributed by atoms with Gasteiger partial charge in [0, 0.05) is 27.9 Å². The van der Waals surface area contributed by atoms with Gasteiger partial charge in [-0.3, -0.25) is 19.5 Å². The molecule has 10 nitrogen and oxygen atoms in total. The standard InChI is InChI=1S/C25H20Cl2N6O4S/c1-2-37-20-10-8-19(9-11-20)32-24(17-4-6-18(26)7-5-17)30-31-25(32)38-15-23(34)29-28-14-16-3-12-21(27)22(13-16)33(35)36/h3-14H,2,15H2,1H3,(H,29,34). The molecule has 0 aliphatic rings.